The van der Waals surface area contributed by atoms with Crippen LogP contribution in [-0.2, 0) is 38.8 Å². The van der Waals surface area contributed by atoms with Gasteiger partial charge in [-0.15, -0.1) is 0 Å². The van der Waals surface area contributed by atoms with Gasteiger partial charge >= 0.3 is 6.09 Å². The minimum Gasteiger partial charge on any atom is -0.444 e. The molecule has 3 aromatic rings. The number of hydrogen-bond donors (Lipinski definition) is 2. The van der Waals surface area contributed by atoms with Crippen LogP contribution in [0.1, 0.15) is 43.9 Å². The molecule has 0 saturated heterocycles. The first-order valence-corrected chi connectivity index (χ1v) is 13.9. The molecule has 1 aliphatic rings. The smallest absolute Gasteiger partial charge is 0.408 e. The van der Waals surface area contributed by atoms with Crippen LogP contribution in [-0.4, -0.2) is 47.8 Å². The molecule has 0 heterocycles. The fourth-order valence-electron chi connectivity index (χ4n) is 4.93. The Hall–Kier alpha value is -3.23. The van der Waals surface area contributed by atoms with Crippen LogP contribution < -0.4 is 5.32 Å². The molecule has 7 nitrogen and oxygen atoms in total. The van der Waals surface area contributed by atoms with E-state index in [0.717, 1.165) is 16.7 Å². The summed E-state index contributed by atoms with van der Waals surface area (Å²) in [6, 6.07) is 29.0. The molecule has 0 spiro atoms. The van der Waals surface area contributed by atoms with Crippen molar-refractivity contribution in [2.45, 2.75) is 77.0 Å². The summed E-state index contributed by atoms with van der Waals surface area (Å²) in [5.74, 6) is -0.167. The molecule has 0 aliphatic heterocycles. The lowest BCUT2D eigenvalue weighted by Gasteiger charge is -2.45. The van der Waals surface area contributed by atoms with Gasteiger partial charge in [0.1, 0.15) is 11.7 Å². The van der Waals surface area contributed by atoms with Gasteiger partial charge < -0.3 is 29.4 Å². The number of amides is 1. The fraction of sp³-hybridized carbons (Fsp3) is 0.424. The minimum absolute atomic E-state index is 0.167. The fourth-order valence-corrected chi connectivity index (χ4v) is 4.93. The van der Waals surface area contributed by atoms with Gasteiger partial charge in [0.25, 0.3) is 0 Å². The van der Waals surface area contributed by atoms with Crippen LogP contribution in [0.2, 0.25) is 0 Å². The second-order valence-corrected chi connectivity index (χ2v) is 11.3. The van der Waals surface area contributed by atoms with E-state index >= 15 is 0 Å². The van der Waals surface area contributed by atoms with Gasteiger partial charge in [-0.25, -0.2) is 4.79 Å². The minimum atomic E-state index is -0.879. The average Bonchev–Trinajstić information content (AvgIpc) is 2.93. The Morgan fingerprint density at radius 3 is 1.75 bits per heavy atom. The Bertz CT molecular complexity index is 1150. The molecule has 1 fully saturated rings. The quantitative estimate of drug-likeness (QED) is 0.323. The van der Waals surface area contributed by atoms with Crippen molar-refractivity contribution in [1.29, 1.82) is 0 Å². The third-order valence-electron chi connectivity index (χ3n) is 6.80. The SMILES string of the molecule is CC(C)(C)OC(=O)N[C@@H]1[C@@H](OCc2ccccc2)[C@H](OCc2ccccc2)[C@@H](COCc2ccccc2)C[C@@H]1O. The summed E-state index contributed by atoms with van der Waals surface area (Å²) in [5, 5.41) is 14.2. The summed E-state index contributed by atoms with van der Waals surface area (Å²) >= 11 is 0. The predicted molar refractivity (Wildman–Crippen MR) is 153 cm³/mol. The van der Waals surface area contributed by atoms with Crippen LogP contribution in [0.3, 0.4) is 0 Å². The van der Waals surface area contributed by atoms with Crippen LogP contribution in [0.5, 0.6) is 0 Å². The third kappa shape index (κ3) is 9.17. The molecule has 40 heavy (non-hydrogen) atoms. The number of alkyl carbamates (subject to hydrolysis) is 1. The summed E-state index contributed by atoms with van der Waals surface area (Å²) in [6.45, 7) is 6.90. The monoisotopic (exact) mass is 547 g/mol. The molecule has 4 rings (SSSR count). The van der Waals surface area contributed by atoms with Crippen molar-refractivity contribution >= 4 is 6.09 Å². The Morgan fingerprint density at radius 2 is 1.25 bits per heavy atom. The number of benzene rings is 3. The molecule has 0 radical (unpaired) electrons. The highest BCUT2D eigenvalue weighted by molar-refractivity contribution is 5.68. The number of nitrogens with one attached hydrogen (secondary N) is 1. The van der Waals surface area contributed by atoms with E-state index in [1.54, 1.807) is 20.8 Å². The van der Waals surface area contributed by atoms with Gasteiger partial charge in [0.15, 0.2) is 0 Å². The van der Waals surface area contributed by atoms with Gasteiger partial charge in [-0.05, 0) is 43.9 Å². The maximum atomic E-state index is 12.8. The zero-order chi connectivity index (χ0) is 28.4. The van der Waals surface area contributed by atoms with Gasteiger partial charge in [-0.1, -0.05) is 91.0 Å². The normalized spacial score (nSPS) is 22.9. The van der Waals surface area contributed by atoms with Crippen LogP contribution in [0, 0.1) is 5.92 Å². The lowest BCUT2D eigenvalue weighted by Crippen LogP contribution is -2.63. The number of rotatable bonds is 11. The lowest BCUT2D eigenvalue weighted by atomic mass is 9.79. The maximum Gasteiger partial charge on any atom is 0.408 e. The first-order valence-electron chi connectivity index (χ1n) is 13.9. The van der Waals surface area contributed by atoms with Crippen molar-refractivity contribution in [3.8, 4) is 0 Å². The molecule has 0 bridgehead atoms. The highest BCUT2D eigenvalue weighted by atomic mass is 16.6. The summed E-state index contributed by atoms with van der Waals surface area (Å²) in [7, 11) is 0. The first kappa shape index (κ1) is 29.7. The second-order valence-electron chi connectivity index (χ2n) is 11.3. The van der Waals surface area contributed by atoms with E-state index in [1.807, 2.05) is 91.0 Å². The standard InChI is InChI=1S/C33H41NO6/c1-33(2,3)40-32(36)34-29-28(35)19-27(23-37-20-24-13-7-4-8-14-24)30(38-21-25-15-9-5-10-16-25)31(29)39-22-26-17-11-6-12-18-26/h4-18,27-31,35H,19-23H2,1-3H3,(H,34,36)/t27-,28+,29+,30-,31-/m1/s1. The summed E-state index contributed by atoms with van der Waals surface area (Å²) in [5.41, 5.74) is 2.40. The molecule has 1 amide bonds. The molecule has 7 heteroatoms. The maximum absolute atomic E-state index is 12.8. The number of carbonyl (C=O) groups is 1. The molecule has 1 saturated carbocycles. The molecule has 5 atom stereocenters. The van der Waals surface area contributed by atoms with Crippen LogP contribution in [0.15, 0.2) is 91.0 Å². The summed E-state index contributed by atoms with van der Waals surface area (Å²) in [4.78, 5) is 12.8. The summed E-state index contributed by atoms with van der Waals surface area (Å²) in [6.07, 6.45) is -2.21. The Kier molecular flexibility index (Phi) is 10.7. The zero-order valence-corrected chi connectivity index (χ0v) is 23.6. The van der Waals surface area contributed by atoms with E-state index in [0.29, 0.717) is 32.8 Å². The number of aliphatic hydroxyl groups is 1. The van der Waals surface area contributed by atoms with Crippen LogP contribution >= 0.6 is 0 Å². The number of ether oxygens (including phenoxy) is 4. The van der Waals surface area contributed by atoms with E-state index in [4.69, 9.17) is 18.9 Å². The molecule has 3 aromatic carbocycles. The first-order chi connectivity index (χ1) is 19.3. The lowest BCUT2D eigenvalue weighted by molar-refractivity contribution is -0.174. The van der Waals surface area contributed by atoms with Crippen LogP contribution in [0.25, 0.3) is 0 Å². The molecular formula is C33H41NO6. The number of hydrogen-bond acceptors (Lipinski definition) is 6. The predicted octanol–water partition coefficient (Wildman–Crippen LogP) is 5.65. The van der Waals surface area contributed by atoms with Crippen molar-refractivity contribution in [3.05, 3.63) is 108 Å². The second kappa shape index (κ2) is 14.4. The molecule has 214 valence electrons. The van der Waals surface area contributed by atoms with E-state index in [-0.39, 0.29) is 5.92 Å². The topological polar surface area (TPSA) is 86.3 Å². The Balaban J connectivity index is 1.56. The van der Waals surface area contributed by atoms with Crippen molar-refractivity contribution < 1.29 is 28.8 Å². The van der Waals surface area contributed by atoms with Gasteiger partial charge in [-0.2, -0.15) is 0 Å². The Morgan fingerprint density at radius 1 is 0.775 bits per heavy atom. The van der Waals surface area contributed by atoms with E-state index < -0.39 is 36.0 Å². The van der Waals surface area contributed by atoms with E-state index in [1.165, 1.54) is 0 Å². The molecular weight excluding hydrogens is 506 g/mol. The average molecular weight is 548 g/mol. The van der Waals surface area contributed by atoms with Crippen LogP contribution in [0.4, 0.5) is 4.79 Å². The van der Waals surface area contributed by atoms with Crippen molar-refractivity contribution in [2.24, 2.45) is 5.92 Å². The van der Waals surface area contributed by atoms with Gasteiger partial charge in [0, 0.05) is 5.92 Å². The van der Waals surface area contributed by atoms with Gasteiger partial charge in [0.05, 0.1) is 44.7 Å². The number of aliphatic hydroxyl groups excluding tert-OH is 1. The zero-order valence-electron chi connectivity index (χ0n) is 23.6. The molecule has 0 aromatic heterocycles. The largest absolute Gasteiger partial charge is 0.444 e. The molecule has 2 N–H and O–H groups in total. The van der Waals surface area contributed by atoms with Crippen molar-refractivity contribution in [1.82, 2.24) is 5.32 Å². The highest BCUT2D eigenvalue weighted by Gasteiger charge is 2.47. The highest BCUT2D eigenvalue weighted by Crippen LogP contribution is 2.32. The van der Waals surface area contributed by atoms with Gasteiger partial charge in [0.2, 0.25) is 0 Å². The van der Waals surface area contributed by atoms with Crippen molar-refractivity contribution in [3.63, 3.8) is 0 Å². The molecule has 0 unspecified atom stereocenters. The van der Waals surface area contributed by atoms with Gasteiger partial charge in [-0.3, -0.25) is 0 Å². The number of carbonyl (C=O) groups excluding carboxylic acids is 1. The third-order valence-corrected chi connectivity index (χ3v) is 6.80. The van der Waals surface area contributed by atoms with E-state index in [2.05, 4.69) is 5.32 Å². The van der Waals surface area contributed by atoms with E-state index in [9.17, 15) is 9.90 Å². The Labute approximate surface area is 237 Å². The molecule has 1 aliphatic carbocycles. The van der Waals surface area contributed by atoms with Crippen molar-refractivity contribution in [2.75, 3.05) is 6.61 Å². The summed E-state index contributed by atoms with van der Waals surface area (Å²) < 4.78 is 24.7.